The number of hydrogen-bond donors (Lipinski definition) is 1. The number of nitrogens with one attached hydrogen (secondary N) is 1. The van der Waals surface area contributed by atoms with Gasteiger partial charge in [-0.2, -0.15) is 0 Å². The largest absolute Gasteiger partial charge is 0.326 e. The number of aromatic nitrogens is 1. The molecular formula is C19H16Cl2N2OS2. The van der Waals surface area contributed by atoms with Crippen LogP contribution in [-0.2, 0) is 4.79 Å². The number of aryl methyl sites for hydroxylation is 1. The van der Waals surface area contributed by atoms with Crippen LogP contribution in [0.15, 0.2) is 52.2 Å². The zero-order chi connectivity index (χ0) is 18.5. The molecule has 0 fully saturated rings. The van der Waals surface area contributed by atoms with Crippen LogP contribution in [-0.4, -0.2) is 16.6 Å². The Bertz CT molecular complexity index is 910. The SMILES string of the molecule is Cc1ccc(NC(=O)CCSc2nc(-c3ccc(Cl)cc3Cl)cs2)cc1. The summed E-state index contributed by atoms with van der Waals surface area (Å²) in [6, 6.07) is 13.1. The van der Waals surface area contributed by atoms with Crippen LogP contribution in [0.4, 0.5) is 5.69 Å². The zero-order valence-corrected chi connectivity index (χ0v) is 17.1. The molecule has 0 unspecified atom stereocenters. The van der Waals surface area contributed by atoms with Crippen molar-refractivity contribution < 1.29 is 4.79 Å². The molecule has 3 rings (SSSR count). The van der Waals surface area contributed by atoms with Crippen molar-refractivity contribution in [1.29, 1.82) is 0 Å². The first-order chi connectivity index (χ1) is 12.5. The first-order valence-electron chi connectivity index (χ1n) is 7.91. The molecule has 1 amide bonds. The maximum absolute atomic E-state index is 12.0. The first kappa shape index (κ1) is 19.2. The normalized spacial score (nSPS) is 10.7. The third-order valence-corrected chi connectivity index (χ3v) is 6.15. The van der Waals surface area contributed by atoms with Crippen LogP contribution in [0.2, 0.25) is 10.0 Å². The van der Waals surface area contributed by atoms with E-state index >= 15 is 0 Å². The Kier molecular flexibility index (Phi) is 6.59. The average molecular weight is 423 g/mol. The van der Waals surface area contributed by atoms with Crippen molar-refractivity contribution in [2.45, 2.75) is 17.7 Å². The number of halogens is 2. The predicted octanol–water partition coefficient (Wildman–Crippen LogP) is 6.55. The molecule has 3 nitrogen and oxygen atoms in total. The number of carbonyl (C=O) groups is 1. The third-order valence-electron chi connectivity index (χ3n) is 3.58. The van der Waals surface area contributed by atoms with Gasteiger partial charge in [-0.05, 0) is 37.3 Å². The zero-order valence-electron chi connectivity index (χ0n) is 14.0. The Labute approximate surface area is 170 Å². The summed E-state index contributed by atoms with van der Waals surface area (Å²) >= 11 is 15.3. The van der Waals surface area contributed by atoms with Gasteiger partial charge >= 0.3 is 0 Å². The number of thiazole rings is 1. The molecule has 3 aromatic rings. The number of nitrogens with zero attached hydrogens (tertiary/aromatic N) is 1. The van der Waals surface area contributed by atoms with Crippen LogP contribution >= 0.6 is 46.3 Å². The number of benzene rings is 2. The minimum atomic E-state index is -0.00104. The summed E-state index contributed by atoms with van der Waals surface area (Å²) in [4.78, 5) is 16.6. The second-order valence-corrected chi connectivity index (χ2v) is 8.68. The monoisotopic (exact) mass is 422 g/mol. The number of amides is 1. The quantitative estimate of drug-likeness (QED) is 0.458. The molecule has 134 valence electrons. The van der Waals surface area contributed by atoms with E-state index in [-0.39, 0.29) is 5.91 Å². The molecular weight excluding hydrogens is 407 g/mol. The van der Waals surface area contributed by atoms with E-state index in [4.69, 9.17) is 23.2 Å². The van der Waals surface area contributed by atoms with Gasteiger partial charge in [0.05, 0.1) is 10.7 Å². The molecule has 0 radical (unpaired) electrons. The Morgan fingerprint density at radius 2 is 1.96 bits per heavy atom. The second kappa shape index (κ2) is 8.91. The number of hydrogen-bond acceptors (Lipinski definition) is 4. The van der Waals surface area contributed by atoms with Gasteiger partial charge in [0.1, 0.15) is 0 Å². The van der Waals surface area contributed by atoms with E-state index in [1.165, 1.54) is 5.56 Å². The van der Waals surface area contributed by atoms with E-state index in [2.05, 4.69) is 10.3 Å². The minimum Gasteiger partial charge on any atom is -0.326 e. The molecule has 26 heavy (non-hydrogen) atoms. The minimum absolute atomic E-state index is 0.00104. The highest BCUT2D eigenvalue weighted by atomic mass is 35.5. The predicted molar refractivity (Wildman–Crippen MR) is 113 cm³/mol. The molecule has 2 aromatic carbocycles. The molecule has 1 aromatic heterocycles. The third kappa shape index (κ3) is 5.24. The van der Waals surface area contributed by atoms with Crippen LogP contribution in [0.3, 0.4) is 0 Å². The Morgan fingerprint density at radius 1 is 1.19 bits per heavy atom. The Hall–Kier alpha value is -1.53. The van der Waals surface area contributed by atoms with Gasteiger partial charge < -0.3 is 5.32 Å². The van der Waals surface area contributed by atoms with Gasteiger partial charge in [-0.1, -0.05) is 52.7 Å². The lowest BCUT2D eigenvalue weighted by molar-refractivity contribution is -0.115. The highest BCUT2D eigenvalue weighted by Crippen LogP contribution is 2.33. The average Bonchev–Trinajstić information content (AvgIpc) is 3.05. The van der Waals surface area contributed by atoms with Crippen molar-refractivity contribution in [3.05, 3.63) is 63.5 Å². The fourth-order valence-corrected chi connectivity index (χ4v) is 4.58. The van der Waals surface area contributed by atoms with Crippen LogP contribution < -0.4 is 5.32 Å². The van der Waals surface area contributed by atoms with Gasteiger partial charge in [0, 0.05) is 33.8 Å². The van der Waals surface area contributed by atoms with Crippen molar-refractivity contribution in [2.75, 3.05) is 11.1 Å². The van der Waals surface area contributed by atoms with Gasteiger partial charge in [0.25, 0.3) is 0 Å². The van der Waals surface area contributed by atoms with Gasteiger partial charge in [-0.3, -0.25) is 4.79 Å². The van der Waals surface area contributed by atoms with Crippen molar-refractivity contribution in [2.24, 2.45) is 0 Å². The van der Waals surface area contributed by atoms with Crippen LogP contribution in [0.25, 0.3) is 11.3 Å². The lowest BCUT2D eigenvalue weighted by Gasteiger charge is -2.05. The summed E-state index contributed by atoms with van der Waals surface area (Å²) in [5, 5.41) is 6.04. The van der Waals surface area contributed by atoms with Crippen LogP contribution in [0.1, 0.15) is 12.0 Å². The lowest BCUT2D eigenvalue weighted by atomic mass is 10.2. The van der Waals surface area contributed by atoms with Crippen molar-refractivity contribution >= 4 is 57.9 Å². The highest BCUT2D eigenvalue weighted by molar-refractivity contribution is 8.01. The van der Waals surface area contributed by atoms with Gasteiger partial charge in [0.2, 0.25) is 5.91 Å². The summed E-state index contributed by atoms with van der Waals surface area (Å²) in [5.41, 5.74) is 3.66. The van der Waals surface area contributed by atoms with Crippen LogP contribution in [0.5, 0.6) is 0 Å². The number of carbonyl (C=O) groups excluding carboxylic acids is 1. The highest BCUT2D eigenvalue weighted by Gasteiger charge is 2.10. The second-order valence-electron chi connectivity index (χ2n) is 5.64. The number of anilines is 1. The van der Waals surface area contributed by atoms with Gasteiger partial charge in [-0.25, -0.2) is 4.98 Å². The maximum Gasteiger partial charge on any atom is 0.225 e. The van der Waals surface area contributed by atoms with E-state index in [0.29, 0.717) is 22.2 Å². The molecule has 0 atom stereocenters. The first-order valence-corrected chi connectivity index (χ1v) is 10.5. The molecule has 0 saturated heterocycles. The van der Waals surface area contributed by atoms with Gasteiger partial charge in [-0.15, -0.1) is 11.3 Å². The molecule has 7 heteroatoms. The number of thioether (sulfide) groups is 1. The van der Waals surface area contributed by atoms with Crippen molar-refractivity contribution in [3.8, 4) is 11.3 Å². The fraction of sp³-hybridized carbons (Fsp3) is 0.158. The number of rotatable bonds is 6. The Morgan fingerprint density at radius 3 is 2.69 bits per heavy atom. The molecule has 0 aliphatic heterocycles. The van der Waals surface area contributed by atoms with E-state index in [9.17, 15) is 4.79 Å². The molecule has 0 aliphatic rings. The van der Waals surface area contributed by atoms with Crippen molar-refractivity contribution in [3.63, 3.8) is 0 Å². The standard InChI is InChI=1S/C19H16Cl2N2OS2/c1-12-2-5-14(6-3-12)22-18(24)8-9-25-19-23-17(11-26-19)15-7-4-13(20)10-16(15)21/h2-7,10-11H,8-9H2,1H3,(H,22,24). The molecule has 0 aliphatic carbocycles. The smallest absolute Gasteiger partial charge is 0.225 e. The topological polar surface area (TPSA) is 42.0 Å². The lowest BCUT2D eigenvalue weighted by Crippen LogP contribution is -2.12. The van der Waals surface area contributed by atoms with Gasteiger partial charge in [0.15, 0.2) is 4.34 Å². The summed E-state index contributed by atoms with van der Waals surface area (Å²) in [7, 11) is 0. The summed E-state index contributed by atoms with van der Waals surface area (Å²) in [6.45, 7) is 2.02. The van der Waals surface area contributed by atoms with E-state index < -0.39 is 0 Å². The Balaban J connectivity index is 1.52. The molecule has 0 spiro atoms. The molecule has 0 saturated carbocycles. The maximum atomic E-state index is 12.0. The summed E-state index contributed by atoms with van der Waals surface area (Å²) < 4.78 is 0.911. The van der Waals surface area contributed by atoms with E-state index in [1.54, 1.807) is 35.2 Å². The molecule has 1 N–H and O–H groups in total. The summed E-state index contributed by atoms with van der Waals surface area (Å²) in [6.07, 6.45) is 0.426. The summed E-state index contributed by atoms with van der Waals surface area (Å²) in [5.74, 6) is 0.665. The van der Waals surface area contributed by atoms with Crippen molar-refractivity contribution in [1.82, 2.24) is 4.98 Å². The molecule has 0 bridgehead atoms. The fourth-order valence-electron chi connectivity index (χ4n) is 2.24. The van der Waals surface area contributed by atoms with Crippen LogP contribution in [0, 0.1) is 6.92 Å². The van der Waals surface area contributed by atoms with E-state index in [1.807, 2.05) is 42.6 Å². The van der Waals surface area contributed by atoms with E-state index in [0.717, 1.165) is 21.3 Å². The molecule has 1 heterocycles.